The summed E-state index contributed by atoms with van der Waals surface area (Å²) in [6.45, 7) is 1.52. The lowest BCUT2D eigenvalue weighted by Gasteiger charge is -2.24. The van der Waals surface area contributed by atoms with E-state index in [0.717, 1.165) is 4.57 Å². The third-order valence-electron chi connectivity index (χ3n) is 3.55. The van der Waals surface area contributed by atoms with Crippen LogP contribution in [0.4, 0.5) is 5.69 Å². The van der Waals surface area contributed by atoms with Crippen LogP contribution in [0, 0.1) is 6.92 Å². The molecule has 0 saturated heterocycles. The van der Waals surface area contributed by atoms with E-state index in [1.807, 2.05) is 0 Å². The number of anilines is 1. The second-order valence-electron chi connectivity index (χ2n) is 4.99. The molecule has 1 aromatic carbocycles. The Balaban J connectivity index is 2.32. The SMILES string of the molecule is [2H]c1cc2nc(C)n(C3C(=O)CC(=O)CC3[2H])c(=O)c2c(N)c1[2H]. The van der Waals surface area contributed by atoms with E-state index in [9.17, 15) is 14.4 Å². The predicted octanol–water partition coefficient (Wildman–Crippen LogP) is 1.15. The van der Waals surface area contributed by atoms with Gasteiger partial charge in [-0.3, -0.25) is 19.0 Å². The minimum Gasteiger partial charge on any atom is -0.398 e. The smallest absolute Gasteiger partial charge is 0.264 e. The number of nitrogens with two attached hydrogens (primary N) is 1. The van der Waals surface area contributed by atoms with Crippen molar-refractivity contribution in [2.45, 2.75) is 32.2 Å². The molecule has 1 fully saturated rings. The Bertz CT molecular complexity index is 955. The molecule has 2 atom stereocenters. The number of carbonyl (C=O) groups is 2. The molecular formula is C15H15N3O3. The van der Waals surface area contributed by atoms with E-state index in [-0.39, 0.29) is 53.1 Å². The summed E-state index contributed by atoms with van der Waals surface area (Å²) in [5, 5.41) is -0.0431. The minimum absolute atomic E-state index is 0.0431. The first-order valence-corrected chi connectivity index (χ1v) is 6.47. The van der Waals surface area contributed by atoms with Crippen molar-refractivity contribution >= 4 is 28.2 Å². The number of nitrogens with zero attached hydrogens (tertiary/aromatic N) is 2. The Hall–Kier alpha value is -2.50. The number of nitrogen functional groups attached to an aromatic ring is 1. The van der Waals surface area contributed by atoms with E-state index in [0.29, 0.717) is 0 Å². The molecule has 3 rings (SSSR count). The third-order valence-corrected chi connectivity index (χ3v) is 3.55. The Morgan fingerprint density at radius 2 is 2.24 bits per heavy atom. The number of hydrogen-bond acceptors (Lipinski definition) is 5. The molecule has 108 valence electrons. The molecule has 1 aromatic heterocycles. The van der Waals surface area contributed by atoms with Gasteiger partial charge in [-0.1, -0.05) is 6.04 Å². The van der Waals surface area contributed by atoms with Crippen LogP contribution in [0.25, 0.3) is 10.9 Å². The number of carbonyl (C=O) groups excluding carboxylic acids is 2. The summed E-state index contributed by atoms with van der Waals surface area (Å²) >= 11 is 0. The standard InChI is InChI=1S/C15H15N3O3/c1-8-17-11-4-2-3-10(16)14(11)15(21)18(8)12-6-5-9(19)7-13(12)20/h2-4,12H,5-7,16H2,1H3/i2D,3D,6D. The van der Waals surface area contributed by atoms with E-state index < -0.39 is 23.8 Å². The highest BCUT2D eigenvalue weighted by molar-refractivity contribution is 6.03. The van der Waals surface area contributed by atoms with Crippen LogP contribution in [-0.4, -0.2) is 21.1 Å². The number of benzene rings is 1. The van der Waals surface area contributed by atoms with Crippen molar-refractivity contribution in [1.82, 2.24) is 9.55 Å². The number of fused-ring (bicyclic) bond motifs is 1. The highest BCUT2D eigenvalue weighted by Crippen LogP contribution is 2.24. The van der Waals surface area contributed by atoms with Crippen molar-refractivity contribution in [3.63, 3.8) is 0 Å². The van der Waals surface area contributed by atoms with Crippen molar-refractivity contribution in [1.29, 1.82) is 0 Å². The molecule has 2 aromatic rings. The van der Waals surface area contributed by atoms with Gasteiger partial charge in [0.05, 0.1) is 26.1 Å². The molecule has 21 heavy (non-hydrogen) atoms. The monoisotopic (exact) mass is 288 g/mol. The molecule has 1 saturated carbocycles. The Morgan fingerprint density at radius 3 is 2.95 bits per heavy atom. The molecule has 0 amide bonds. The van der Waals surface area contributed by atoms with Crippen LogP contribution in [0.5, 0.6) is 0 Å². The van der Waals surface area contributed by atoms with Crippen molar-refractivity contribution in [3.05, 3.63) is 34.3 Å². The fraction of sp³-hybridized carbons (Fsp3) is 0.333. The van der Waals surface area contributed by atoms with Gasteiger partial charge in [0.2, 0.25) is 0 Å². The summed E-state index contributed by atoms with van der Waals surface area (Å²) in [5.41, 5.74) is 5.18. The van der Waals surface area contributed by atoms with Crippen molar-refractivity contribution in [2.75, 3.05) is 5.73 Å². The Labute approximate surface area is 124 Å². The van der Waals surface area contributed by atoms with Crippen LogP contribution >= 0.6 is 0 Å². The number of aromatic nitrogens is 2. The number of aryl methyl sites for hydroxylation is 1. The Morgan fingerprint density at radius 1 is 1.48 bits per heavy atom. The summed E-state index contributed by atoms with van der Waals surface area (Å²) in [6, 6.07) is -0.264. The van der Waals surface area contributed by atoms with Crippen molar-refractivity contribution in [3.8, 4) is 0 Å². The lowest BCUT2D eigenvalue weighted by molar-refractivity contribution is -0.132. The van der Waals surface area contributed by atoms with Gasteiger partial charge >= 0.3 is 0 Å². The molecule has 2 N–H and O–H groups in total. The van der Waals surface area contributed by atoms with Crippen LogP contribution in [0.3, 0.4) is 0 Å². The van der Waals surface area contributed by atoms with Gasteiger partial charge in [0.15, 0.2) is 5.78 Å². The van der Waals surface area contributed by atoms with Gasteiger partial charge in [-0.15, -0.1) is 0 Å². The molecule has 1 aliphatic carbocycles. The number of rotatable bonds is 1. The van der Waals surface area contributed by atoms with Gasteiger partial charge in [0.1, 0.15) is 11.6 Å². The van der Waals surface area contributed by atoms with Gasteiger partial charge in [-0.2, -0.15) is 0 Å². The van der Waals surface area contributed by atoms with E-state index >= 15 is 0 Å². The van der Waals surface area contributed by atoms with Crippen molar-refractivity contribution in [2.24, 2.45) is 0 Å². The highest BCUT2D eigenvalue weighted by Gasteiger charge is 2.30. The van der Waals surface area contributed by atoms with E-state index in [4.69, 9.17) is 9.85 Å². The lowest BCUT2D eigenvalue weighted by atomic mass is 9.92. The average Bonchev–Trinajstić information content (AvgIpc) is 2.46. The summed E-state index contributed by atoms with van der Waals surface area (Å²) < 4.78 is 24.6. The van der Waals surface area contributed by atoms with Crippen LogP contribution in [0.15, 0.2) is 22.9 Å². The third kappa shape index (κ3) is 2.12. The van der Waals surface area contributed by atoms with E-state index in [1.54, 1.807) is 0 Å². The van der Waals surface area contributed by atoms with Gasteiger partial charge in [0, 0.05) is 13.5 Å². The molecule has 0 spiro atoms. The summed E-state index contributed by atoms with van der Waals surface area (Å²) in [7, 11) is 0. The first kappa shape index (κ1) is 10.3. The topological polar surface area (TPSA) is 95.0 Å². The zero-order chi connectivity index (χ0) is 17.8. The Kier molecular flexibility index (Phi) is 2.35. The second kappa shape index (κ2) is 4.80. The zero-order valence-electron chi connectivity index (χ0n) is 14.3. The normalized spacial score (nSPS) is 24.7. The predicted molar refractivity (Wildman–Crippen MR) is 78.1 cm³/mol. The van der Waals surface area contributed by atoms with Gasteiger partial charge in [-0.25, -0.2) is 4.98 Å². The van der Waals surface area contributed by atoms with E-state index in [1.165, 1.54) is 13.0 Å². The zero-order valence-corrected chi connectivity index (χ0v) is 11.3. The molecule has 1 heterocycles. The maximum atomic E-state index is 12.9. The molecule has 0 bridgehead atoms. The highest BCUT2D eigenvalue weighted by atomic mass is 16.2. The van der Waals surface area contributed by atoms with Gasteiger partial charge < -0.3 is 5.73 Å². The summed E-state index contributed by atoms with van der Waals surface area (Å²) in [6.07, 6.45) is -1.48. The van der Waals surface area contributed by atoms with Crippen LogP contribution < -0.4 is 11.3 Å². The molecule has 1 aliphatic rings. The average molecular weight is 288 g/mol. The maximum absolute atomic E-state index is 12.9. The number of ketones is 2. The number of hydrogen-bond donors (Lipinski definition) is 1. The maximum Gasteiger partial charge on any atom is 0.264 e. The fourth-order valence-corrected chi connectivity index (χ4v) is 2.59. The van der Waals surface area contributed by atoms with E-state index in [2.05, 4.69) is 4.98 Å². The van der Waals surface area contributed by atoms with Crippen LogP contribution in [-0.2, 0) is 9.59 Å². The molecule has 6 nitrogen and oxygen atoms in total. The summed E-state index contributed by atoms with van der Waals surface area (Å²) in [5.74, 6) is -0.615. The lowest BCUT2D eigenvalue weighted by Crippen LogP contribution is -2.36. The van der Waals surface area contributed by atoms with Crippen molar-refractivity contribution < 1.29 is 13.7 Å². The summed E-state index contributed by atoms with van der Waals surface area (Å²) in [4.78, 5) is 40.8. The first-order valence-electron chi connectivity index (χ1n) is 8.05. The molecule has 0 radical (unpaired) electrons. The molecule has 2 unspecified atom stereocenters. The quantitative estimate of drug-likeness (QED) is 0.627. The molecule has 0 aliphatic heterocycles. The second-order valence-corrected chi connectivity index (χ2v) is 4.99. The fourth-order valence-electron chi connectivity index (χ4n) is 2.59. The minimum atomic E-state index is -1.10. The number of Topliss-reactive ketones (excluding diaryl/α,β-unsaturated/α-hetero) is 2. The largest absolute Gasteiger partial charge is 0.398 e. The van der Waals surface area contributed by atoms with Crippen LogP contribution in [0.2, 0.25) is 0 Å². The molecular weight excluding hydrogens is 270 g/mol. The molecule has 6 heteroatoms. The van der Waals surface area contributed by atoms with Gasteiger partial charge in [-0.05, 0) is 25.4 Å². The first-order chi connectivity index (χ1) is 11.2. The van der Waals surface area contributed by atoms with Gasteiger partial charge in [0.25, 0.3) is 5.56 Å². The van der Waals surface area contributed by atoms with Crippen LogP contribution in [0.1, 0.15) is 35.2 Å².